The van der Waals surface area contributed by atoms with Crippen LogP contribution in [0.3, 0.4) is 0 Å². The van der Waals surface area contributed by atoms with Crippen molar-refractivity contribution in [3.05, 3.63) is 68.4 Å². The van der Waals surface area contributed by atoms with E-state index < -0.39 is 23.1 Å². The molecule has 3 N–H and O–H groups in total. The topological polar surface area (TPSA) is 153 Å². The first kappa shape index (κ1) is 27.2. The number of methoxy groups -OCH3 is 1. The lowest BCUT2D eigenvalue weighted by molar-refractivity contribution is -0.119. The Labute approximate surface area is 219 Å². The Morgan fingerprint density at radius 2 is 1.89 bits per heavy atom. The number of carbonyl (C=O) groups excluding carboxylic acids is 1. The summed E-state index contributed by atoms with van der Waals surface area (Å²) in [6.45, 7) is 1.91. The van der Waals surface area contributed by atoms with E-state index in [-0.39, 0.29) is 38.6 Å². The predicted octanol–water partition coefficient (Wildman–Crippen LogP) is 0.536. The van der Waals surface area contributed by atoms with E-state index in [0.29, 0.717) is 38.5 Å². The minimum atomic E-state index is -0.586. The van der Waals surface area contributed by atoms with Crippen molar-refractivity contribution in [2.24, 2.45) is 0 Å². The van der Waals surface area contributed by atoms with Gasteiger partial charge in [-0.1, -0.05) is 11.3 Å². The van der Waals surface area contributed by atoms with Gasteiger partial charge in [0.25, 0.3) is 5.56 Å². The van der Waals surface area contributed by atoms with Gasteiger partial charge in [0.2, 0.25) is 5.91 Å². The molecule has 1 fully saturated rings. The molecule has 4 aromatic rings. The molecule has 1 amide bonds. The highest BCUT2D eigenvalue weighted by molar-refractivity contribution is 7.21. The van der Waals surface area contributed by atoms with Gasteiger partial charge in [0, 0.05) is 25.1 Å². The zero-order chi connectivity index (χ0) is 27.4. The average molecular weight is 547 g/mol. The summed E-state index contributed by atoms with van der Waals surface area (Å²) in [5.74, 6) is -0.114. The lowest BCUT2D eigenvalue weighted by Crippen LogP contribution is -2.43. The Morgan fingerprint density at radius 3 is 2.50 bits per heavy atom. The molecule has 12 nitrogen and oxygen atoms in total. The van der Waals surface area contributed by atoms with Crippen LogP contribution in [0.5, 0.6) is 5.75 Å². The SMILES string of the molecule is COc1ccc(F)cc1CCn1c(=O)n([C@H]2CNC(=O)C2)c(=O)c2c(C)c(-n3nccn3)sc21.OCCO. The molecule has 0 bridgehead atoms. The lowest BCUT2D eigenvalue weighted by Gasteiger charge is -2.16. The van der Waals surface area contributed by atoms with Crippen LogP contribution in [0.1, 0.15) is 23.6 Å². The first-order valence-electron chi connectivity index (χ1n) is 11.8. The van der Waals surface area contributed by atoms with Crippen LogP contribution in [0.25, 0.3) is 15.2 Å². The van der Waals surface area contributed by atoms with Crippen molar-refractivity contribution in [3.63, 3.8) is 0 Å². The molecular weight excluding hydrogens is 519 g/mol. The molecule has 1 aliphatic heterocycles. The monoisotopic (exact) mass is 546 g/mol. The van der Waals surface area contributed by atoms with Crippen molar-refractivity contribution in [1.82, 2.24) is 29.4 Å². The van der Waals surface area contributed by atoms with Crippen LogP contribution < -0.4 is 21.3 Å². The summed E-state index contributed by atoms with van der Waals surface area (Å²) in [4.78, 5) is 40.8. The number of ether oxygens (including phenoxy) is 1. The van der Waals surface area contributed by atoms with Gasteiger partial charge in [-0.3, -0.25) is 18.7 Å². The maximum atomic E-state index is 13.9. The van der Waals surface area contributed by atoms with Gasteiger partial charge in [0.1, 0.15) is 21.4 Å². The van der Waals surface area contributed by atoms with Gasteiger partial charge in [0.05, 0.1) is 44.1 Å². The second kappa shape index (κ2) is 11.7. The molecule has 3 aromatic heterocycles. The molecule has 14 heteroatoms. The second-order valence-corrected chi connectivity index (χ2v) is 9.43. The average Bonchev–Trinajstić information content (AvgIpc) is 3.65. The van der Waals surface area contributed by atoms with E-state index in [0.717, 1.165) is 4.57 Å². The van der Waals surface area contributed by atoms with Crippen molar-refractivity contribution in [1.29, 1.82) is 0 Å². The molecule has 38 heavy (non-hydrogen) atoms. The van der Waals surface area contributed by atoms with Gasteiger partial charge in [0.15, 0.2) is 0 Å². The summed E-state index contributed by atoms with van der Waals surface area (Å²) in [6, 6.07) is 3.63. The third-order valence-corrected chi connectivity index (χ3v) is 7.37. The van der Waals surface area contributed by atoms with E-state index in [1.165, 1.54) is 58.4 Å². The van der Waals surface area contributed by atoms with Crippen molar-refractivity contribution in [2.45, 2.75) is 32.4 Å². The zero-order valence-electron chi connectivity index (χ0n) is 20.8. The van der Waals surface area contributed by atoms with Gasteiger partial charge in [-0.25, -0.2) is 9.18 Å². The lowest BCUT2D eigenvalue weighted by atomic mass is 10.1. The van der Waals surface area contributed by atoms with Gasteiger partial charge in [-0.05, 0) is 37.1 Å². The first-order chi connectivity index (χ1) is 18.3. The maximum absolute atomic E-state index is 13.9. The number of thiophene rings is 1. The molecule has 1 atom stereocenters. The highest BCUT2D eigenvalue weighted by atomic mass is 32.1. The van der Waals surface area contributed by atoms with E-state index in [9.17, 15) is 18.8 Å². The van der Waals surface area contributed by atoms with E-state index in [4.69, 9.17) is 14.9 Å². The number of fused-ring (bicyclic) bond motifs is 1. The van der Waals surface area contributed by atoms with E-state index in [1.807, 2.05) is 0 Å². The largest absolute Gasteiger partial charge is 0.496 e. The standard InChI is InChI=1S/C22H21FN6O4S.C2H6O2/c1-12-18-19(31)28(15-10-17(30)24-11-15)22(32)27(21(18)34-20(12)29-25-6-7-26-29)8-5-13-9-14(23)3-4-16(13)33-2;3-1-2-4/h3-4,6-7,9,15H,5,8,10-11H2,1-2H3,(H,24,30);3-4H,1-2H2/t15-;/m1./s1. The Morgan fingerprint density at radius 1 is 1.18 bits per heavy atom. The van der Waals surface area contributed by atoms with Crippen LogP contribution in [-0.4, -0.2) is 67.1 Å². The molecule has 1 aromatic carbocycles. The smallest absolute Gasteiger partial charge is 0.332 e. The Balaban J connectivity index is 0.000000786. The summed E-state index contributed by atoms with van der Waals surface area (Å²) >= 11 is 1.24. The van der Waals surface area contributed by atoms with Crippen molar-refractivity contribution < 1.29 is 24.1 Å². The van der Waals surface area contributed by atoms with Gasteiger partial charge in [-0.2, -0.15) is 10.2 Å². The van der Waals surface area contributed by atoms with Crippen molar-refractivity contribution in [2.75, 3.05) is 26.9 Å². The second-order valence-electron chi connectivity index (χ2n) is 8.46. The minimum absolute atomic E-state index is 0.0507. The van der Waals surface area contributed by atoms with Gasteiger partial charge in [-0.15, -0.1) is 4.80 Å². The fourth-order valence-corrected chi connectivity index (χ4v) is 5.57. The molecule has 1 aliphatic rings. The quantitative estimate of drug-likeness (QED) is 0.304. The van der Waals surface area contributed by atoms with Crippen molar-refractivity contribution >= 4 is 27.5 Å². The first-order valence-corrected chi connectivity index (χ1v) is 12.6. The number of benzene rings is 1. The molecule has 0 aliphatic carbocycles. The summed E-state index contributed by atoms with van der Waals surface area (Å²) in [7, 11) is 1.50. The van der Waals surface area contributed by atoms with E-state index >= 15 is 0 Å². The number of aliphatic hydroxyl groups excluding tert-OH is 2. The molecular formula is C24H27FN6O6S. The van der Waals surface area contributed by atoms with Crippen LogP contribution in [0, 0.1) is 12.7 Å². The van der Waals surface area contributed by atoms with Crippen LogP contribution in [0.15, 0.2) is 40.2 Å². The van der Waals surface area contributed by atoms with Gasteiger partial charge < -0.3 is 20.3 Å². The van der Waals surface area contributed by atoms with Gasteiger partial charge >= 0.3 is 5.69 Å². The Hall–Kier alpha value is -3.88. The summed E-state index contributed by atoms with van der Waals surface area (Å²) in [5, 5.41) is 27.3. The third-order valence-electron chi connectivity index (χ3n) is 6.09. The number of amides is 1. The summed E-state index contributed by atoms with van der Waals surface area (Å²) in [5.41, 5.74) is 0.272. The maximum Gasteiger partial charge on any atom is 0.332 e. The van der Waals surface area contributed by atoms with Crippen molar-refractivity contribution in [3.8, 4) is 10.8 Å². The molecule has 4 heterocycles. The van der Waals surface area contributed by atoms with Crippen LogP contribution in [0.4, 0.5) is 4.39 Å². The highest BCUT2D eigenvalue weighted by Gasteiger charge is 2.29. The van der Waals surface area contributed by atoms with Crippen LogP contribution in [0.2, 0.25) is 0 Å². The molecule has 0 radical (unpaired) electrons. The summed E-state index contributed by atoms with van der Waals surface area (Å²) < 4.78 is 21.9. The number of hydrogen-bond acceptors (Lipinski definition) is 9. The zero-order valence-corrected chi connectivity index (χ0v) is 21.6. The molecule has 0 spiro atoms. The molecule has 0 saturated carbocycles. The third kappa shape index (κ3) is 5.23. The fourth-order valence-electron chi connectivity index (χ4n) is 4.33. The van der Waals surface area contributed by atoms with Crippen LogP contribution >= 0.6 is 11.3 Å². The number of aryl methyl sites for hydroxylation is 3. The highest BCUT2D eigenvalue weighted by Crippen LogP contribution is 2.31. The number of aliphatic hydroxyl groups is 2. The van der Waals surface area contributed by atoms with Crippen LogP contribution in [-0.2, 0) is 17.8 Å². The number of rotatable bonds is 7. The molecule has 202 valence electrons. The number of halogens is 1. The minimum Gasteiger partial charge on any atom is -0.496 e. The number of hydrogen-bond donors (Lipinski definition) is 3. The number of carbonyl (C=O) groups is 1. The fraction of sp³-hybridized carbons (Fsp3) is 0.375. The Kier molecular flexibility index (Phi) is 8.34. The van der Waals surface area contributed by atoms with E-state index in [1.54, 1.807) is 6.92 Å². The molecule has 1 saturated heterocycles. The van der Waals surface area contributed by atoms with E-state index in [2.05, 4.69) is 15.5 Å². The predicted molar refractivity (Wildman–Crippen MR) is 137 cm³/mol. The normalized spacial score (nSPS) is 14.9. The summed E-state index contributed by atoms with van der Waals surface area (Å²) in [6.07, 6.45) is 3.40. The molecule has 0 unspecified atom stereocenters. The number of nitrogens with one attached hydrogen (secondary N) is 1. The Bertz CT molecular complexity index is 1560. The number of nitrogens with zero attached hydrogens (tertiary/aromatic N) is 5. The number of aromatic nitrogens is 5. The molecule has 5 rings (SSSR count).